The van der Waals surface area contributed by atoms with Gasteiger partial charge in [-0.15, -0.1) is 0 Å². The van der Waals surface area contributed by atoms with Crippen LogP contribution in [0.15, 0.2) is 24.3 Å². The SMILES string of the molecule is O=C(O)c1ccccc1C(=O)O[C@@H]1CCC[C@H]2CCC[C@@H]21. The smallest absolute Gasteiger partial charge is 0.339 e. The van der Waals surface area contributed by atoms with Gasteiger partial charge in [0.2, 0.25) is 0 Å². The van der Waals surface area contributed by atoms with Gasteiger partial charge in [-0.05, 0) is 49.7 Å². The Labute approximate surface area is 124 Å². The molecule has 0 spiro atoms. The third-order valence-corrected chi connectivity index (χ3v) is 4.89. The number of benzene rings is 1. The largest absolute Gasteiger partial charge is 0.478 e. The summed E-state index contributed by atoms with van der Waals surface area (Å²) in [5, 5.41) is 9.16. The maximum Gasteiger partial charge on any atom is 0.339 e. The summed E-state index contributed by atoms with van der Waals surface area (Å²) in [5.41, 5.74) is 0.173. The standard InChI is InChI=1S/C17H20O4/c18-16(19)13-7-1-2-8-14(13)17(20)21-15-10-4-6-11-5-3-9-12(11)15/h1-2,7-8,11-12,15H,3-6,9-10H2,(H,18,19)/t11-,12+,15-/m1/s1. The molecule has 0 bridgehead atoms. The van der Waals surface area contributed by atoms with Crippen molar-refractivity contribution < 1.29 is 19.4 Å². The summed E-state index contributed by atoms with van der Waals surface area (Å²) < 4.78 is 5.68. The van der Waals surface area contributed by atoms with E-state index < -0.39 is 11.9 Å². The van der Waals surface area contributed by atoms with Crippen molar-refractivity contribution in [3.63, 3.8) is 0 Å². The predicted octanol–water partition coefficient (Wildman–Crippen LogP) is 3.51. The fraction of sp³-hybridized carbons (Fsp3) is 0.529. The van der Waals surface area contributed by atoms with E-state index in [-0.39, 0.29) is 17.2 Å². The van der Waals surface area contributed by atoms with Crippen molar-refractivity contribution in [3.8, 4) is 0 Å². The van der Waals surface area contributed by atoms with Gasteiger partial charge in [0.1, 0.15) is 6.10 Å². The number of hydrogen-bond acceptors (Lipinski definition) is 3. The second-order valence-corrected chi connectivity index (χ2v) is 6.08. The van der Waals surface area contributed by atoms with Gasteiger partial charge in [0, 0.05) is 0 Å². The van der Waals surface area contributed by atoms with Crippen LogP contribution in [0, 0.1) is 11.8 Å². The second-order valence-electron chi connectivity index (χ2n) is 6.08. The molecule has 0 amide bonds. The highest BCUT2D eigenvalue weighted by Gasteiger charge is 2.38. The van der Waals surface area contributed by atoms with Gasteiger partial charge in [-0.25, -0.2) is 9.59 Å². The number of fused-ring (bicyclic) bond motifs is 1. The lowest BCUT2D eigenvalue weighted by Gasteiger charge is -2.33. The molecule has 2 aliphatic rings. The van der Waals surface area contributed by atoms with E-state index in [2.05, 4.69) is 0 Å². The van der Waals surface area contributed by atoms with Crippen molar-refractivity contribution >= 4 is 11.9 Å². The first-order valence-electron chi connectivity index (χ1n) is 7.70. The molecule has 0 aliphatic heterocycles. The summed E-state index contributed by atoms with van der Waals surface area (Å²) in [4.78, 5) is 23.5. The van der Waals surface area contributed by atoms with Crippen LogP contribution in [0.4, 0.5) is 0 Å². The fourth-order valence-corrected chi connectivity index (χ4v) is 3.90. The first kappa shape index (κ1) is 14.1. The van der Waals surface area contributed by atoms with Gasteiger partial charge >= 0.3 is 11.9 Å². The third-order valence-electron chi connectivity index (χ3n) is 4.89. The van der Waals surface area contributed by atoms with Gasteiger partial charge in [-0.3, -0.25) is 0 Å². The van der Waals surface area contributed by atoms with Crippen LogP contribution in [0.5, 0.6) is 0 Å². The maximum absolute atomic E-state index is 12.3. The topological polar surface area (TPSA) is 63.6 Å². The lowest BCUT2D eigenvalue weighted by Crippen LogP contribution is -2.33. The van der Waals surface area contributed by atoms with Gasteiger partial charge < -0.3 is 9.84 Å². The summed E-state index contributed by atoms with van der Waals surface area (Å²) in [6.07, 6.45) is 6.79. The number of aromatic carboxylic acids is 1. The van der Waals surface area contributed by atoms with Crippen LogP contribution in [-0.2, 0) is 4.74 Å². The zero-order valence-electron chi connectivity index (χ0n) is 12.0. The first-order chi connectivity index (χ1) is 10.2. The molecule has 4 nitrogen and oxygen atoms in total. The summed E-state index contributed by atoms with van der Waals surface area (Å²) >= 11 is 0. The number of rotatable bonds is 3. The molecule has 0 aromatic heterocycles. The fourth-order valence-electron chi connectivity index (χ4n) is 3.90. The van der Waals surface area contributed by atoms with Crippen molar-refractivity contribution in [1.82, 2.24) is 0 Å². The number of carbonyl (C=O) groups is 2. The molecule has 3 atom stereocenters. The Hall–Kier alpha value is -1.84. The summed E-state index contributed by atoms with van der Waals surface area (Å²) in [6.45, 7) is 0. The molecule has 4 heteroatoms. The van der Waals surface area contributed by atoms with Crippen molar-refractivity contribution in [2.75, 3.05) is 0 Å². The molecule has 1 N–H and O–H groups in total. The highest BCUT2D eigenvalue weighted by Crippen LogP contribution is 2.43. The zero-order chi connectivity index (χ0) is 14.8. The number of esters is 1. The van der Waals surface area contributed by atoms with Gasteiger partial charge in [0.15, 0.2) is 0 Å². The number of hydrogen-bond donors (Lipinski definition) is 1. The first-order valence-corrected chi connectivity index (χ1v) is 7.70. The van der Waals surface area contributed by atoms with Crippen LogP contribution in [0.3, 0.4) is 0 Å². The molecular weight excluding hydrogens is 268 g/mol. The Balaban J connectivity index is 1.76. The van der Waals surface area contributed by atoms with E-state index in [4.69, 9.17) is 9.84 Å². The van der Waals surface area contributed by atoms with E-state index in [9.17, 15) is 9.59 Å². The second kappa shape index (κ2) is 5.88. The molecule has 0 radical (unpaired) electrons. The number of carboxylic acids is 1. The molecule has 0 saturated heterocycles. The molecule has 2 aliphatic carbocycles. The lowest BCUT2D eigenvalue weighted by atomic mass is 9.79. The maximum atomic E-state index is 12.3. The normalized spacial score (nSPS) is 27.9. The average molecular weight is 288 g/mol. The summed E-state index contributed by atoms with van der Waals surface area (Å²) in [5.74, 6) is -0.429. The number of ether oxygens (including phenoxy) is 1. The number of carboxylic acid groups (broad SMARTS) is 1. The van der Waals surface area contributed by atoms with E-state index in [0.29, 0.717) is 11.8 Å². The van der Waals surface area contributed by atoms with Crippen LogP contribution in [0.1, 0.15) is 59.2 Å². The summed E-state index contributed by atoms with van der Waals surface area (Å²) in [7, 11) is 0. The minimum atomic E-state index is -1.09. The Morgan fingerprint density at radius 1 is 1.00 bits per heavy atom. The van der Waals surface area contributed by atoms with Crippen molar-refractivity contribution in [1.29, 1.82) is 0 Å². The lowest BCUT2D eigenvalue weighted by molar-refractivity contribution is -0.00744. The molecule has 1 aromatic carbocycles. The number of carbonyl (C=O) groups excluding carboxylic acids is 1. The molecule has 0 heterocycles. The van der Waals surface area contributed by atoms with Crippen LogP contribution in [0.2, 0.25) is 0 Å². The minimum absolute atomic E-state index is 0.0151. The van der Waals surface area contributed by atoms with Crippen LogP contribution in [-0.4, -0.2) is 23.1 Å². The molecule has 2 fully saturated rings. The third kappa shape index (κ3) is 2.80. The highest BCUT2D eigenvalue weighted by molar-refractivity contribution is 6.02. The molecule has 112 valence electrons. The van der Waals surface area contributed by atoms with Gasteiger partial charge in [-0.2, -0.15) is 0 Å². The van der Waals surface area contributed by atoms with E-state index in [1.807, 2.05) is 0 Å². The van der Waals surface area contributed by atoms with Crippen LogP contribution in [0.25, 0.3) is 0 Å². The molecule has 3 rings (SSSR count). The van der Waals surface area contributed by atoms with Gasteiger partial charge in [0.05, 0.1) is 11.1 Å². The molecule has 2 saturated carbocycles. The van der Waals surface area contributed by atoms with Crippen molar-refractivity contribution in [2.45, 2.75) is 44.6 Å². The Morgan fingerprint density at radius 3 is 2.38 bits per heavy atom. The van der Waals surface area contributed by atoms with Gasteiger partial charge in [-0.1, -0.05) is 25.0 Å². The molecule has 21 heavy (non-hydrogen) atoms. The highest BCUT2D eigenvalue weighted by atomic mass is 16.5. The van der Waals surface area contributed by atoms with Crippen molar-refractivity contribution in [2.24, 2.45) is 11.8 Å². The van der Waals surface area contributed by atoms with E-state index in [1.165, 1.54) is 31.4 Å². The van der Waals surface area contributed by atoms with E-state index in [1.54, 1.807) is 12.1 Å². The quantitative estimate of drug-likeness (QED) is 0.864. The van der Waals surface area contributed by atoms with Crippen LogP contribution < -0.4 is 0 Å². The van der Waals surface area contributed by atoms with Gasteiger partial charge in [0.25, 0.3) is 0 Å². The van der Waals surface area contributed by atoms with E-state index in [0.717, 1.165) is 19.3 Å². The van der Waals surface area contributed by atoms with E-state index >= 15 is 0 Å². The Bertz CT molecular complexity index is 551. The summed E-state index contributed by atoms with van der Waals surface area (Å²) in [6, 6.07) is 6.26. The monoisotopic (exact) mass is 288 g/mol. The Kier molecular flexibility index (Phi) is 3.95. The zero-order valence-corrected chi connectivity index (χ0v) is 12.0. The average Bonchev–Trinajstić information content (AvgIpc) is 2.96. The Morgan fingerprint density at radius 2 is 1.67 bits per heavy atom. The molecule has 1 aromatic rings. The minimum Gasteiger partial charge on any atom is -0.478 e. The molecular formula is C17H20O4. The van der Waals surface area contributed by atoms with Crippen LogP contribution >= 0.6 is 0 Å². The molecule has 0 unspecified atom stereocenters. The van der Waals surface area contributed by atoms with Crippen molar-refractivity contribution in [3.05, 3.63) is 35.4 Å². The predicted molar refractivity (Wildman–Crippen MR) is 77.3 cm³/mol.